The first-order chi connectivity index (χ1) is 10.3. The molecule has 2 aromatic rings. The molecular weight excluding hydrogens is 327 g/mol. The van der Waals surface area contributed by atoms with E-state index in [2.05, 4.69) is 10.4 Å². The molecule has 4 nitrogen and oxygen atoms in total. The van der Waals surface area contributed by atoms with Gasteiger partial charge in [-0.25, -0.2) is 0 Å². The van der Waals surface area contributed by atoms with Crippen molar-refractivity contribution in [3.63, 3.8) is 0 Å². The van der Waals surface area contributed by atoms with Gasteiger partial charge in [0.05, 0.1) is 9.75 Å². The Morgan fingerprint density at radius 1 is 1.55 bits per heavy atom. The third-order valence-corrected chi connectivity index (χ3v) is 4.95. The Hall–Kier alpha value is -1.33. The molecule has 1 saturated carbocycles. The number of amides is 1. The first kappa shape index (κ1) is 15.6. The number of nitrogens with zero attached hydrogens (tertiary/aromatic N) is 2. The molecule has 118 valence electrons. The second-order valence-electron chi connectivity index (χ2n) is 5.48. The highest BCUT2D eigenvalue weighted by molar-refractivity contribution is 7.18. The molecule has 1 N–H and O–H groups in total. The van der Waals surface area contributed by atoms with Gasteiger partial charge in [0, 0.05) is 13.6 Å². The van der Waals surface area contributed by atoms with E-state index in [4.69, 9.17) is 0 Å². The number of aryl methyl sites for hydroxylation is 1. The second kappa shape index (κ2) is 5.70. The highest BCUT2D eigenvalue weighted by atomic mass is 32.1. The van der Waals surface area contributed by atoms with Gasteiger partial charge < -0.3 is 5.32 Å². The van der Waals surface area contributed by atoms with E-state index < -0.39 is 5.66 Å². The molecule has 1 aliphatic carbocycles. The molecule has 1 aliphatic rings. The van der Waals surface area contributed by atoms with Crippen LogP contribution in [0.5, 0.6) is 0 Å². The Morgan fingerprint density at radius 3 is 2.86 bits per heavy atom. The minimum Gasteiger partial charge on any atom is -0.351 e. The van der Waals surface area contributed by atoms with Crippen LogP contribution in [0.1, 0.15) is 28.2 Å². The smallest absolute Gasteiger partial charge is 0.299 e. The van der Waals surface area contributed by atoms with Crippen molar-refractivity contribution < 1.29 is 13.6 Å². The Kier molecular flexibility index (Phi) is 4.03. The minimum absolute atomic E-state index is 0.115. The predicted molar refractivity (Wildman–Crippen MR) is 85.2 cm³/mol. The molecule has 0 aliphatic heterocycles. The van der Waals surface area contributed by atoms with Gasteiger partial charge in [-0.05, 0) is 37.0 Å². The Bertz CT molecular complexity index is 703. The lowest BCUT2D eigenvalue weighted by Gasteiger charge is -2.08. The van der Waals surface area contributed by atoms with E-state index in [1.165, 1.54) is 46.5 Å². The quantitative estimate of drug-likeness (QED) is 0.848. The molecule has 0 aromatic carbocycles. The standard InChI is InChI=1S/C14H16F2N3OPS/c1-19-12(14(15,16)21)6-9(18-19)10-4-5-11(22-10)13(20)17-7-8-2-3-8/h4-6,8H,2-3,7,21H2,1H3,(H,17,20). The zero-order chi connectivity index (χ0) is 15.9. The normalized spacial score (nSPS) is 15.1. The topological polar surface area (TPSA) is 46.9 Å². The molecule has 2 heterocycles. The van der Waals surface area contributed by atoms with Crippen molar-refractivity contribution in [3.05, 3.63) is 28.8 Å². The second-order valence-corrected chi connectivity index (χ2v) is 7.29. The molecule has 22 heavy (non-hydrogen) atoms. The van der Waals surface area contributed by atoms with Crippen molar-refractivity contribution in [2.75, 3.05) is 6.54 Å². The summed E-state index contributed by atoms with van der Waals surface area (Å²) in [5.74, 6) is 0.502. The van der Waals surface area contributed by atoms with Gasteiger partial charge in [0.2, 0.25) is 0 Å². The van der Waals surface area contributed by atoms with Gasteiger partial charge in [0.25, 0.3) is 11.6 Å². The van der Waals surface area contributed by atoms with Crippen molar-refractivity contribution in [1.29, 1.82) is 0 Å². The molecule has 8 heteroatoms. The largest absolute Gasteiger partial charge is 0.351 e. The van der Waals surface area contributed by atoms with Crippen LogP contribution in [-0.2, 0) is 12.7 Å². The molecule has 0 radical (unpaired) electrons. The number of halogens is 2. The van der Waals surface area contributed by atoms with Crippen LogP contribution in [0.15, 0.2) is 18.2 Å². The Labute approximate surface area is 133 Å². The van der Waals surface area contributed by atoms with E-state index in [0.717, 1.165) is 4.68 Å². The van der Waals surface area contributed by atoms with E-state index >= 15 is 0 Å². The van der Waals surface area contributed by atoms with Crippen LogP contribution in [0, 0.1) is 5.92 Å². The Morgan fingerprint density at radius 2 is 2.27 bits per heavy atom. The summed E-state index contributed by atoms with van der Waals surface area (Å²) < 4.78 is 28.0. The van der Waals surface area contributed by atoms with Gasteiger partial charge in [-0.15, -0.1) is 11.3 Å². The summed E-state index contributed by atoms with van der Waals surface area (Å²) in [4.78, 5) is 13.3. The summed E-state index contributed by atoms with van der Waals surface area (Å²) in [5.41, 5.74) is -2.76. The molecule has 3 rings (SSSR count). The molecule has 1 fully saturated rings. The first-order valence-electron chi connectivity index (χ1n) is 6.94. The zero-order valence-electron chi connectivity index (χ0n) is 12.0. The number of alkyl halides is 2. The van der Waals surface area contributed by atoms with Gasteiger partial charge in [0.1, 0.15) is 11.4 Å². The first-order valence-corrected chi connectivity index (χ1v) is 8.33. The van der Waals surface area contributed by atoms with Gasteiger partial charge >= 0.3 is 0 Å². The molecule has 2 aromatic heterocycles. The number of thiophene rings is 1. The summed E-state index contributed by atoms with van der Waals surface area (Å²) in [7, 11) is 2.99. The number of carbonyl (C=O) groups excluding carboxylic acids is 1. The number of rotatable bonds is 5. The van der Waals surface area contributed by atoms with Crippen LogP contribution in [0.25, 0.3) is 10.6 Å². The summed E-state index contributed by atoms with van der Waals surface area (Å²) in [6, 6.07) is 4.80. The molecule has 0 bridgehead atoms. The average Bonchev–Trinajstić information content (AvgIpc) is 2.96. The lowest BCUT2D eigenvalue weighted by Crippen LogP contribution is -2.24. The molecule has 1 amide bonds. The SMILES string of the molecule is Cn1nc(-c2ccc(C(=O)NCC3CC3)s2)cc1C(F)(F)P. The van der Waals surface area contributed by atoms with E-state index in [1.54, 1.807) is 12.1 Å². The summed E-state index contributed by atoms with van der Waals surface area (Å²) >= 11 is 1.26. The molecule has 0 saturated heterocycles. The number of carbonyl (C=O) groups is 1. The third-order valence-electron chi connectivity index (χ3n) is 3.55. The van der Waals surface area contributed by atoms with Crippen LogP contribution < -0.4 is 5.32 Å². The van der Waals surface area contributed by atoms with Crippen molar-refractivity contribution in [2.45, 2.75) is 18.5 Å². The fraction of sp³-hybridized carbons (Fsp3) is 0.429. The summed E-state index contributed by atoms with van der Waals surface area (Å²) in [6.07, 6.45) is 2.35. The molecule has 0 spiro atoms. The predicted octanol–water partition coefficient (Wildman–Crippen LogP) is 3.21. The van der Waals surface area contributed by atoms with Crippen molar-refractivity contribution >= 4 is 26.5 Å². The van der Waals surface area contributed by atoms with E-state index in [-0.39, 0.29) is 11.6 Å². The van der Waals surface area contributed by atoms with Crippen LogP contribution in [0.4, 0.5) is 8.78 Å². The monoisotopic (exact) mass is 343 g/mol. The minimum atomic E-state index is -3.03. The number of hydrogen-bond donors (Lipinski definition) is 1. The lowest BCUT2D eigenvalue weighted by atomic mass is 10.3. The molecule has 1 unspecified atom stereocenters. The summed E-state index contributed by atoms with van der Waals surface area (Å²) in [5, 5.41) is 7.00. The maximum absolute atomic E-state index is 13.4. The summed E-state index contributed by atoms with van der Waals surface area (Å²) in [6.45, 7) is 0.707. The average molecular weight is 343 g/mol. The maximum atomic E-state index is 13.4. The van der Waals surface area contributed by atoms with Gasteiger partial charge in [-0.2, -0.15) is 13.9 Å². The van der Waals surface area contributed by atoms with Crippen LogP contribution >= 0.6 is 20.6 Å². The zero-order valence-corrected chi connectivity index (χ0v) is 13.9. The number of aromatic nitrogens is 2. The van der Waals surface area contributed by atoms with Crippen LogP contribution in [-0.4, -0.2) is 22.2 Å². The van der Waals surface area contributed by atoms with E-state index in [9.17, 15) is 13.6 Å². The van der Waals surface area contributed by atoms with Crippen molar-refractivity contribution in [2.24, 2.45) is 13.0 Å². The van der Waals surface area contributed by atoms with Crippen LogP contribution in [0.2, 0.25) is 0 Å². The number of hydrogen-bond acceptors (Lipinski definition) is 3. The molecular formula is C14H16F2N3OPS. The van der Waals surface area contributed by atoms with E-state index in [1.807, 2.05) is 0 Å². The van der Waals surface area contributed by atoms with Gasteiger partial charge in [0.15, 0.2) is 0 Å². The number of nitrogens with one attached hydrogen (secondary N) is 1. The fourth-order valence-electron chi connectivity index (χ4n) is 2.14. The fourth-order valence-corrected chi connectivity index (χ4v) is 3.29. The molecule has 1 atom stereocenters. The van der Waals surface area contributed by atoms with E-state index in [0.29, 0.717) is 27.9 Å². The van der Waals surface area contributed by atoms with Crippen molar-refractivity contribution in [1.82, 2.24) is 15.1 Å². The highest BCUT2D eigenvalue weighted by Crippen LogP contribution is 2.37. The van der Waals surface area contributed by atoms with Gasteiger partial charge in [-0.1, -0.05) is 9.24 Å². The highest BCUT2D eigenvalue weighted by Gasteiger charge is 2.30. The third kappa shape index (κ3) is 3.36. The van der Waals surface area contributed by atoms with Crippen molar-refractivity contribution in [3.8, 4) is 10.6 Å². The Balaban J connectivity index is 1.77. The van der Waals surface area contributed by atoms with Crippen LogP contribution in [0.3, 0.4) is 0 Å². The maximum Gasteiger partial charge on any atom is 0.299 e. The van der Waals surface area contributed by atoms with Gasteiger partial charge in [-0.3, -0.25) is 9.48 Å². The lowest BCUT2D eigenvalue weighted by molar-refractivity contribution is 0.0936.